The average Bonchev–Trinajstić information content (AvgIpc) is 2.20. The van der Waals surface area contributed by atoms with Gasteiger partial charge in [0.2, 0.25) is 0 Å². The zero-order valence-electron chi connectivity index (χ0n) is 11.6. The normalized spacial score (nSPS) is 12.5. The van der Waals surface area contributed by atoms with Crippen molar-refractivity contribution in [1.29, 1.82) is 0 Å². The number of nitrogens with zero attached hydrogens (tertiary/aromatic N) is 1. The minimum Gasteiger partial charge on any atom is -0.328 e. The zero-order chi connectivity index (χ0) is 12.8. The molecule has 1 N–H and O–H groups in total. The molecule has 0 fully saturated rings. The van der Waals surface area contributed by atoms with Crippen LogP contribution in [0.25, 0.3) is 0 Å². The Morgan fingerprint density at radius 1 is 1.38 bits per heavy atom. The molecule has 2 amide bonds. The first-order valence-electron chi connectivity index (χ1n) is 5.98. The molecule has 0 saturated carbocycles. The van der Waals surface area contributed by atoms with Gasteiger partial charge >= 0.3 is 6.03 Å². The van der Waals surface area contributed by atoms with Crippen molar-refractivity contribution in [3.05, 3.63) is 11.8 Å². The summed E-state index contributed by atoms with van der Waals surface area (Å²) in [7, 11) is 1.82. The van der Waals surface area contributed by atoms with Crippen LogP contribution in [-0.2, 0) is 0 Å². The van der Waals surface area contributed by atoms with Gasteiger partial charge in [0.05, 0.1) is 0 Å². The third-order valence-electron chi connectivity index (χ3n) is 2.79. The Morgan fingerprint density at radius 2 is 1.94 bits per heavy atom. The molecule has 94 valence electrons. The van der Waals surface area contributed by atoms with Gasteiger partial charge in [0.25, 0.3) is 0 Å². The number of hydrogen-bond acceptors (Lipinski definition) is 1. The predicted molar refractivity (Wildman–Crippen MR) is 69.3 cm³/mol. The van der Waals surface area contributed by atoms with Crippen LogP contribution in [0, 0.1) is 5.41 Å². The summed E-state index contributed by atoms with van der Waals surface area (Å²) >= 11 is 0. The third-order valence-corrected chi connectivity index (χ3v) is 2.79. The Hall–Kier alpha value is -0.990. The first-order chi connectivity index (χ1) is 7.29. The summed E-state index contributed by atoms with van der Waals surface area (Å²) in [6.07, 6.45) is 3.96. The van der Waals surface area contributed by atoms with E-state index in [2.05, 4.69) is 33.0 Å². The monoisotopic (exact) mass is 226 g/mol. The molecule has 3 heteroatoms. The molecule has 0 saturated heterocycles. The van der Waals surface area contributed by atoms with Crippen LogP contribution in [0.15, 0.2) is 11.8 Å². The second-order valence-electron chi connectivity index (χ2n) is 5.30. The minimum absolute atomic E-state index is 0.0305. The second kappa shape index (κ2) is 6.56. The third kappa shape index (κ3) is 5.79. The number of urea groups is 1. The van der Waals surface area contributed by atoms with Crippen LogP contribution in [0.5, 0.6) is 0 Å². The Balaban J connectivity index is 4.16. The molecule has 0 bridgehead atoms. The number of allylic oxidation sites excluding steroid dienone is 1. The molecule has 0 spiro atoms. The predicted octanol–water partition coefficient (Wildman–Crippen LogP) is 3.38. The molecule has 0 aliphatic heterocycles. The van der Waals surface area contributed by atoms with Crippen molar-refractivity contribution in [2.45, 2.75) is 47.5 Å². The summed E-state index contributed by atoms with van der Waals surface area (Å²) in [5.74, 6) is 0. The lowest BCUT2D eigenvalue weighted by Crippen LogP contribution is -2.35. The highest BCUT2D eigenvalue weighted by Crippen LogP contribution is 2.23. The fraction of sp³-hybridized carbons (Fsp3) is 0.769. The van der Waals surface area contributed by atoms with Crippen molar-refractivity contribution in [2.75, 3.05) is 13.6 Å². The maximum atomic E-state index is 11.7. The first kappa shape index (κ1) is 15.0. The molecule has 0 unspecified atom stereocenters. The molecule has 0 heterocycles. The molecular weight excluding hydrogens is 200 g/mol. The molecule has 0 aromatic heterocycles. The van der Waals surface area contributed by atoms with Crippen molar-refractivity contribution < 1.29 is 4.79 Å². The highest BCUT2D eigenvalue weighted by molar-refractivity contribution is 5.74. The van der Waals surface area contributed by atoms with Gasteiger partial charge in [-0.05, 0) is 18.8 Å². The van der Waals surface area contributed by atoms with Crippen LogP contribution in [0.3, 0.4) is 0 Å². The van der Waals surface area contributed by atoms with Crippen LogP contribution in [0.4, 0.5) is 4.79 Å². The van der Waals surface area contributed by atoms with Crippen molar-refractivity contribution in [3.63, 3.8) is 0 Å². The van der Waals surface area contributed by atoms with Gasteiger partial charge in [-0.3, -0.25) is 0 Å². The number of unbranched alkanes of at least 4 members (excludes halogenated alkanes) is 1. The van der Waals surface area contributed by atoms with Gasteiger partial charge in [-0.1, -0.05) is 39.7 Å². The van der Waals surface area contributed by atoms with E-state index in [1.807, 2.05) is 20.2 Å². The van der Waals surface area contributed by atoms with E-state index in [9.17, 15) is 4.79 Å². The van der Waals surface area contributed by atoms with Crippen molar-refractivity contribution in [2.24, 2.45) is 5.41 Å². The lowest BCUT2D eigenvalue weighted by atomic mass is 9.88. The Labute approximate surface area is 99.9 Å². The van der Waals surface area contributed by atoms with Gasteiger partial charge < -0.3 is 10.2 Å². The average molecular weight is 226 g/mol. The lowest BCUT2D eigenvalue weighted by Gasteiger charge is -2.21. The number of carbonyl (C=O) groups is 1. The van der Waals surface area contributed by atoms with Gasteiger partial charge in [-0.15, -0.1) is 0 Å². The van der Waals surface area contributed by atoms with Crippen molar-refractivity contribution in [1.82, 2.24) is 10.2 Å². The van der Waals surface area contributed by atoms with Crippen LogP contribution in [0.2, 0.25) is 0 Å². The molecule has 0 aromatic carbocycles. The Bertz CT molecular complexity index is 251. The smallest absolute Gasteiger partial charge is 0.321 e. The van der Waals surface area contributed by atoms with Gasteiger partial charge in [0, 0.05) is 19.8 Å². The number of carbonyl (C=O) groups excluding carboxylic acids is 1. The Morgan fingerprint density at radius 3 is 2.38 bits per heavy atom. The fourth-order valence-electron chi connectivity index (χ4n) is 0.994. The number of amides is 2. The highest BCUT2D eigenvalue weighted by Gasteiger charge is 2.13. The molecule has 0 aliphatic carbocycles. The van der Waals surface area contributed by atoms with Crippen LogP contribution < -0.4 is 5.32 Å². The molecule has 16 heavy (non-hydrogen) atoms. The second-order valence-corrected chi connectivity index (χ2v) is 5.30. The van der Waals surface area contributed by atoms with Crippen LogP contribution >= 0.6 is 0 Å². The quantitative estimate of drug-likeness (QED) is 0.783. The fourth-order valence-corrected chi connectivity index (χ4v) is 0.994. The number of rotatable bonds is 4. The molecule has 0 radical (unpaired) electrons. The van der Waals surface area contributed by atoms with Crippen LogP contribution in [-0.4, -0.2) is 24.5 Å². The molecule has 0 aromatic rings. The van der Waals surface area contributed by atoms with E-state index >= 15 is 0 Å². The maximum Gasteiger partial charge on any atom is 0.321 e. The van der Waals surface area contributed by atoms with Crippen LogP contribution in [0.1, 0.15) is 47.5 Å². The van der Waals surface area contributed by atoms with E-state index in [-0.39, 0.29) is 11.4 Å². The topological polar surface area (TPSA) is 32.3 Å². The molecule has 0 rings (SSSR count). The number of hydrogen-bond donors (Lipinski definition) is 1. The van der Waals surface area contributed by atoms with Gasteiger partial charge in [0.15, 0.2) is 0 Å². The standard InChI is InChI=1S/C13H26N2O/c1-7-8-9-15(6)12(16)14-10-11(2)13(3,4)5/h10H,7-9H2,1-6H3,(H,14,16)/b11-10+. The van der Waals surface area contributed by atoms with Gasteiger partial charge in [-0.25, -0.2) is 4.79 Å². The van der Waals surface area contributed by atoms with E-state index in [1.54, 1.807) is 4.90 Å². The summed E-state index contributed by atoms with van der Waals surface area (Å²) in [5, 5.41) is 2.82. The Kier molecular flexibility index (Phi) is 6.16. The molecule has 0 aliphatic rings. The summed E-state index contributed by atoms with van der Waals surface area (Å²) in [4.78, 5) is 13.4. The van der Waals surface area contributed by atoms with E-state index in [1.165, 1.54) is 5.57 Å². The molecule has 3 nitrogen and oxygen atoms in total. The van der Waals surface area contributed by atoms with Crippen molar-refractivity contribution in [3.8, 4) is 0 Å². The van der Waals surface area contributed by atoms with Gasteiger partial charge in [0.1, 0.15) is 0 Å². The molecule has 0 atom stereocenters. The lowest BCUT2D eigenvalue weighted by molar-refractivity contribution is 0.212. The summed E-state index contributed by atoms with van der Waals surface area (Å²) in [5.41, 5.74) is 1.28. The highest BCUT2D eigenvalue weighted by atomic mass is 16.2. The van der Waals surface area contributed by atoms with E-state index < -0.39 is 0 Å². The molecular formula is C13H26N2O. The first-order valence-corrected chi connectivity index (χ1v) is 5.98. The summed E-state index contributed by atoms with van der Waals surface area (Å²) in [6.45, 7) is 11.4. The largest absolute Gasteiger partial charge is 0.328 e. The SMILES string of the molecule is CCCCN(C)C(=O)N/C=C(\C)C(C)(C)C. The zero-order valence-corrected chi connectivity index (χ0v) is 11.6. The van der Waals surface area contributed by atoms with Crippen molar-refractivity contribution >= 4 is 6.03 Å². The van der Waals surface area contributed by atoms with E-state index in [4.69, 9.17) is 0 Å². The summed E-state index contributed by atoms with van der Waals surface area (Å²) < 4.78 is 0. The summed E-state index contributed by atoms with van der Waals surface area (Å²) in [6, 6.07) is -0.0305. The minimum atomic E-state index is -0.0305. The van der Waals surface area contributed by atoms with Gasteiger partial charge in [-0.2, -0.15) is 0 Å². The van der Waals surface area contributed by atoms with E-state index in [0.29, 0.717) is 0 Å². The maximum absolute atomic E-state index is 11.7. The van der Waals surface area contributed by atoms with E-state index in [0.717, 1.165) is 19.4 Å². The number of nitrogens with one attached hydrogen (secondary N) is 1.